The van der Waals surface area contributed by atoms with Crippen molar-refractivity contribution in [1.29, 1.82) is 0 Å². The third-order valence-corrected chi connectivity index (χ3v) is 11.3. The maximum atomic E-state index is 14.0. The molecule has 6 rings (SSSR count). The third-order valence-electron chi connectivity index (χ3n) is 8.97. The van der Waals surface area contributed by atoms with Gasteiger partial charge in [0.2, 0.25) is 5.91 Å². The van der Waals surface area contributed by atoms with Crippen LogP contribution in [0.1, 0.15) is 33.6 Å². The number of esters is 1. The summed E-state index contributed by atoms with van der Waals surface area (Å²) in [5, 5.41) is 6.70. The van der Waals surface area contributed by atoms with E-state index in [-0.39, 0.29) is 30.4 Å². The molecule has 16 heteroatoms. The highest BCUT2D eigenvalue weighted by atomic mass is 79.9. The molecule has 3 aliphatic rings. The average Bonchev–Trinajstić information content (AvgIpc) is 3.60. The Kier molecular flexibility index (Phi) is 10.4. The van der Waals surface area contributed by atoms with Crippen molar-refractivity contribution in [2.24, 2.45) is 0 Å². The van der Waals surface area contributed by atoms with Gasteiger partial charge >= 0.3 is 18.0 Å². The molecule has 0 radical (unpaired) electrons. The normalized spacial score (nSPS) is 17.4. The van der Waals surface area contributed by atoms with E-state index >= 15 is 0 Å². The van der Waals surface area contributed by atoms with Crippen LogP contribution in [0.4, 0.5) is 26.1 Å². The fourth-order valence-electron chi connectivity index (χ4n) is 6.27. The Morgan fingerprint density at radius 1 is 1.06 bits per heavy atom. The second kappa shape index (κ2) is 14.7. The van der Waals surface area contributed by atoms with Gasteiger partial charge in [-0.15, -0.1) is 0 Å². The summed E-state index contributed by atoms with van der Waals surface area (Å²) >= 11 is 8.24. The number of nitrogen functional groups attached to an aromatic ring is 1. The van der Waals surface area contributed by atoms with Crippen LogP contribution >= 0.6 is 43.2 Å². The maximum absolute atomic E-state index is 14.0. The van der Waals surface area contributed by atoms with Gasteiger partial charge in [-0.2, -0.15) is 0 Å². The highest BCUT2D eigenvalue weighted by Crippen LogP contribution is 2.31. The number of methoxy groups -OCH3 is 1. The van der Waals surface area contributed by atoms with Gasteiger partial charge in [-0.3, -0.25) is 4.79 Å². The van der Waals surface area contributed by atoms with Crippen molar-refractivity contribution in [1.82, 2.24) is 25.0 Å². The molecule has 0 spiro atoms. The summed E-state index contributed by atoms with van der Waals surface area (Å²) < 4.78 is 6.18. The summed E-state index contributed by atoms with van der Waals surface area (Å²) in [6, 6.07) is 10.2. The number of amides is 5. The Bertz CT molecular complexity index is 1680. The summed E-state index contributed by atoms with van der Waals surface area (Å²) in [7, 11) is 1.33. The number of ether oxygens (including phenoxy) is 1. The van der Waals surface area contributed by atoms with Gasteiger partial charge in [-0.1, -0.05) is 29.5 Å². The van der Waals surface area contributed by atoms with Crippen LogP contribution in [-0.2, 0) is 22.5 Å². The number of hydrogen-bond acceptors (Lipinski definition) is 9. The van der Waals surface area contributed by atoms with Crippen molar-refractivity contribution in [2.45, 2.75) is 37.9 Å². The molecule has 4 N–H and O–H groups in total. The fraction of sp³-hybridized carbons (Fsp3) is 0.406. The summed E-state index contributed by atoms with van der Waals surface area (Å²) in [5.41, 5.74) is 9.39. The number of para-hydroxylation sites is 1. The molecule has 3 aromatic rings. The minimum Gasteiger partial charge on any atom is -0.465 e. The van der Waals surface area contributed by atoms with Crippen LogP contribution < -0.4 is 21.3 Å². The van der Waals surface area contributed by atoms with Crippen LogP contribution in [0.2, 0.25) is 0 Å². The first-order valence-electron chi connectivity index (χ1n) is 15.6. The minimum absolute atomic E-state index is 0.00198. The van der Waals surface area contributed by atoms with Gasteiger partial charge in [0, 0.05) is 72.9 Å². The van der Waals surface area contributed by atoms with E-state index in [9.17, 15) is 19.2 Å². The second-order valence-electron chi connectivity index (χ2n) is 11.9. The summed E-state index contributed by atoms with van der Waals surface area (Å²) in [6.45, 7) is 3.37. The molecule has 2 aromatic carbocycles. The smallest absolute Gasteiger partial charge is 0.349 e. The van der Waals surface area contributed by atoms with E-state index in [1.807, 2.05) is 46.2 Å². The number of piperidine rings is 1. The molecule has 1 atom stereocenters. The van der Waals surface area contributed by atoms with Crippen LogP contribution in [0.25, 0.3) is 0 Å². The zero-order valence-corrected chi connectivity index (χ0v) is 30.3. The maximum Gasteiger partial charge on any atom is 0.349 e. The number of nitrogens with zero attached hydrogens (tertiary/aromatic N) is 5. The molecular formula is C32H36Br2N8O5S. The predicted octanol–water partition coefficient (Wildman–Crippen LogP) is 4.52. The number of rotatable bonds is 7. The third kappa shape index (κ3) is 7.39. The molecule has 4 heterocycles. The molecule has 13 nitrogen and oxygen atoms in total. The number of anilines is 3. The summed E-state index contributed by atoms with van der Waals surface area (Å²) in [6.07, 6.45) is 3.04. The van der Waals surface area contributed by atoms with Crippen molar-refractivity contribution >= 4 is 83.6 Å². The van der Waals surface area contributed by atoms with E-state index in [4.69, 9.17) is 10.5 Å². The zero-order chi connectivity index (χ0) is 33.9. The first kappa shape index (κ1) is 34.0. The lowest BCUT2D eigenvalue weighted by Crippen LogP contribution is -2.58. The predicted molar refractivity (Wildman–Crippen MR) is 190 cm³/mol. The number of piperazine rings is 1. The van der Waals surface area contributed by atoms with E-state index in [0.29, 0.717) is 83.3 Å². The molecule has 48 heavy (non-hydrogen) atoms. The first-order chi connectivity index (χ1) is 23.1. The number of thiazole rings is 1. The lowest BCUT2D eigenvalue weighted by atomic mass is 10.0. The number of fused-ring (bicyclic) bond motifs is 1. The Labute approximate surface area is 299 Å². The van der Waals surface area contributed by atoms with Crippen molar-refractivity contribution in [3.05, 3.63) is 67.5 Å². The molecule has 5 amide bonds. The Hall–Kier alpha value is -3.89. The van der Waals surface area contributed by atoms with Crippen LogP contribution in [-0.4, -0.2) is 102 Å². The van der Waals surface area contributed by atoms with Gasteiger partial charge in [-0.05, 0) is 74.0 Å². The SMILES string of the molecule is COC(=O)c1cnc(N2CCN(C(=O)[C@@H](Cc3cc(Br)c(N)c(Br)c3)NC(=O)N3CCC(N4Cc5ccccc5NC4=O)CC3)CC2)s1. The lowest BCUT2D eigenvalue weighted by molar-refractivity contribution is -0.133. The lowest BCUT2D eigenvalue weighted by Gasteiger charge is -2.41. The second-order valence-corrected chi connectivity index (χ2v) is 14.6. The number of halogens is 2. The van der Waals surface area contributed by atoms with Crippen LogP contribution in [0.15, 0.2) is 51.5 Å². The minimum atomic E-state index is -0.820. The number of carbonyl (C=O) groups is 4. The van der Waals surface area contributed by atoms with E-state index < -0.39 is 12.0 Å². The molecule has 0 aliphatic carbocycles. The number of hydrogen-bond donors (Lipinski definition) is 3. The molecule has 0 bridgehead atoms. The number of carbonyl (C=O) groups excluding carboxylic acids is 4. The largest absolute Gasteiger partial charge is 0.465 e. The average molecular weight is 805 g/mol. The Morgan fingerprint density at radius 3 is 2.44 bits per heavy atom. The molecule has 2 saturated heterocycles. The summed E-state index contributed by atoms with van der Waals surface area (Å²) in [5.74, 6) is -0.612. The number of urea groups is 2. The van der Waals surface area contributed by atoms with E-state index in [2.05, 4.69) is 47.5 Å². The van der Waals surface area contributed by atoms with Gasteiger partial charge in [0.1, 0.15) is 10.9 Å². The van der Waals surface area contributed by atoms with Gasteiger partial charge in [-0.25, -0.2) is 19.4 Å². The number of benzene rings is 2. The molecule has 1 aromatic heterocycles. The van der Waals surface area contributed by atoms with E-state index in [1.165, 1.54) is 24.6 Å². The number of aromatic nitrogens is 1. The van der Waals surface area contributed by atoms with Crippen LogP contribution in [0, 0.1) is 0 Å². The fourth-order valence-corrected chi connectivity index (χ4v) is 8.44. The molecule has 254 valence electrons. The van der Waals surface area contributed by atoms with Crippen molar-refractivity contribution in [3.8, 4) is 0 Å². The van der Waals surface area contributed by atoms with Gasteiger partial charge in [0.25, 0.3) is 0 Å². The van der Waals surface area contributed by atoms with Crippen molar-refractivity contribution in [2.75, 3.05) is 62.3 Å². The highest BCUT2D eigenvalue weighted by Gasteiger charge is 2.35. The van der Waals surface area contributed by atoms with Gasteiger partial charge in [0.15, 0.2) is 5.13 Å². The quantitative estimate of drug-likeness (QED) is 0.233. The van der Waals surface area contributed by atoms with Crippen molar-refractivity contribution < 1.29 is 23.9 Å². The van der Waals surface area contributed by atoms with E-state index in [1.54, 1.807) is 9.80 Å². The standard InChI is InChI=1S/C32H36Br2N8O5S/c1-47-29(44)26-17-36-32(48-26)41-12-10-39(11-13-41)28(43)25(16-19-14-22(33)27(35)23(34)15-19)38-30(45)40-8-6-21(7-9-40)42-18-20-4-2-3-5-24(20)37-31(42)46/h2-5,14-15,17,21,25H,6-13,16,18,35H2,1H3,(H,37,46)(H,38,45)/t25-/m1/s1. The van der Waals surface area contributed by atoms with Gasteiger partial charge in [0.05, 0.1) is 19.0 Å². The van der Waals surface area contributed by atoms with Crippen molar-refractivity contribution in [3.63, 3.8) is 0 Å². The van der Waals surface area contributed by atoms with Crippen LogP contribution in [0.3, 0.4) is 0 Å². The monoisotopic (exact) mass is 802 g/mol. The van der Waals surface area contributed by atoms with E-state index in [0.717, 1.165) is 16.8 Å². The number of likely N-dealkylation sites (tertiary alicyclic amines) is 1. The number of nitrogens with one attached hydrogen (secondary N) is 2. The highest BCUT2D eigenvalue weighted by molar-refractivity contribution is 9.11. The van der Waals surface area contributed by atoms with Gasteiger partial charge < -0.3 is 40.7 Å². The number of nitrogens with two attached hydrogens (primary N) is 1. The molecular weight excluding hydrogens is 768 g/mol. The van der Waals surface area contributed by atoms with Crippen LogP contribution in [0.5, 0.6) is 0 Å². The Balaban J connectivity index is 1.10. The molecule has 0 saturated carbocycles. The topological polar surface area (TPSA) is 153 Å². The first-order valence-corrected chi connectivity index (χ1v) is 18.0. The Morgan fingerprint density at radius 2 is 1.75 bits per heavy atom. The zero-order valence-electron chi connectivity index (χ0n) is 26.3. The summed E-state index contributed by atoms with van der Waals surface area (Å²) in [4.78, 5) is 64.6. The molecule has 2 fully saturated rings. The molecule has 0 unspecified atom stereocenters. The molecule has 3 aliphatic heterocycles.